The highest BCUT2D eigenvalue weighted by molar-refractivity contribution is 5.96. The Morgan fingerprint density at radius 3 is 2.78 bits per heavy atom. The van der Waals surface area contributed by atoms with E-state index < -0.39 is 5.60 Å². The first-order valence-electron chi connectivity index (χ1n) is 6.08. The van der Waals surface area contributed by atoms with Gasteiger partial charge in [-0.1, -0.05) is 0 Å². The van der Waals surface area contributed by atoms with Crippen LogP contribution in [0.4, 0.5) is 0 Å². The Morgan fingerprint density at radius 1 is 1.50 bits per heavy atom. The zero-order valence-electron chi connectivity index (χ0n) is 11.2. The highest BCUT2D eigenvalue weighted by Gasteiger charge is 2.46. The van der Waals surface area contributed by atoms with Crippen molar-refractivity contribution in [3.63, 3.8) is 0 Å². The molecule has 0 bridgehead atoms. The van der Waals surface area contributed by atoms with E-state index in [-0.39, 0.29) is 17.7 Å². The highest BCUT2D eigenvalue weighted by atomic mass is 16.5. The molecule has 2 aliphatic rings. The van der Waals surface area contributed by atoms with Crippen LogP contribution in [0.3, 0.4) is 0 Å². The Hall–Kier alpha value is -1.42. The van der Waals surface area contributed by atoms with Crippen molar-refractivity contribution in [2.75, 3.05) is 6.61 Å². The number of carbonyl (C=O) groups excluding carboxylic acids is 2. The third-order valence-corrected chi connectivity index (χ3v) is 3.73. The fourth-order valence-corrected chi connectivity index (χ4v) is 2.73. The van der Waals surface area contributed by atoms with Gasteiger partial charge < -0.3 is 9.47 Å². The summed E-state index contributed by atoms with van der Waals surface area (Å²) in [6.45, 7) is 7.32. The predicted molar refractivity (Wildman–Crippen MR) is 65.7 cm³/mol. The average Bonchev–Trinajstić information content (AvgIpc) is 2.55. The fraction of sp³-hybridized carbons (Fsp3) is 0.571. The molecule has 0 aromatic heterocycles. The Morgan fingerprint density at radius 2 is 2.17 bits per heavy atom. The van der Waals surface area contributed by atoms with E-state index in [1.807, 2.05) is 19.9 Å². The molecule has 1 fully saturated rings. The molecule has 4 heteroatoms. The number of carbonyl (C=O) groups is 2. The van der Waals surface area contributed by atoms with E-state index in [9.17, 15) is 9.59 Å². The quantitative estimate of drug-likeness (QED) is 0.528. The standard InChI is InChI=1S/C14H18O4/c1-8-6-14(4)12(5-13(8)16)11(7-17-14)9(2)18-10(3)15/h6,12H,5,7H2,1-4H3/b11-9+/t12-,14-/m1/s1. The second kappa shape index (κ2) is 4.35. The van der Waals surface area contributed by atoms with Crippen LogP contribution in [0.1, 0.15) is 34.1 Å². The van der Waals surface area contributed by atoms with Gasteiger partial charge in [0.2, 0.25) is 0 Å². The van der Waals surface area contributed by atoms with Gasteiger partial charge in [0.1, 0.15) is 5.76 Å². The molecule has 2 atom stereocenters. The molecule has 98 valence electrons. The van der Waals surface area contributed by atoms with Crippen molar-refractivity contribution in [2.24, 2.45) is 5.92 Å². The molecule has 0 radical (unpaired) electrons. The molecule has 0 unspecified atom stereocenters. The molecular weight excluding hydrogens is 232 g/mol. The molecule has 18 heavy (non-hydrogen) atoms. The number of hydrogen-bond acceptors (Lipinski definition) is 4. The zero-order chi connectivity index (χ0) is 13.5. The van der Waals surface area contributed by atoms with Gasteiger partial charge in [-0.15, -0.1) is 0 Å². The minimum absolute atomic E-state index is 0.0203. The van der Waals surface area contributed by atoms with E-state index in [4.69, 9.17) is 9.47 Å². The van der Waals surface area contributed by atoms with Crippen LogP contribution < -0.4 is 0 Å². The molecule has 0 spiro atoms. The first-order valence-corrected chi connectivity index (χ1v) is 6.08. The van der Waals surface area contributed by atoms with Gasteiger partial charge in [0, 0.05) is 24.8 Å². The first kappa shape index (κ1) is 13.0. The predicted octanol–water partition coefficient (Wildman–Crippen LogP) is 2.15. The van der Waals surface area contributed by atoms with E-state index in [0.717, 1.165) is 11.1 Å². The van der Waals surface area contributed by atoms with Crippen molar-refractivity contribution in [1.29, 1.82) is 0 Å². The van der Waals surface area contributed by atoms with Crippen LogP contribution in [0.5, 0.6) is 0 Å². The van der Waals surface area contributed by atoms with Gasteiger partial charge in [-0.3, -0.25) is 9.59 Å². The van der Waals surface area contributed by atoms with Gasteiger partial charge >= 0.3 is 5.97 Å². The molecule has 1 heterocycles. The summed E-state index contributed by atoms with van der Waals surface area (Å²) in [5.41, 5.74) is 1.22. The van der Waals surface area contributed by atoms with Crippen molar-refractivity contribution in [3.8, 4) is 0 Å². The van der Waals surface area contributed by atoms with Gasteiger partial charge in [-0.25, -0.2) is 0 Å². The van der Waals surface area contributed by atoms with E-state index in [0.29, 0.717) is 18.8 Å². The highest BCUT2D eigenvalue weighted by Crippen LogP contribution is 2.44. The van der Waals surface area contributed by atoms with Crippen LogP contribution in [0.2, 0.25) is 0 Å². The second-order valence-corrected chi connectivity index (χ2v) is 5.15. The van der Waals surface area contributed by atoms with E-state index in [1.165, 1.54) is 6.92 Å². The molecule has 4 nitrogen and oxygen atoms in total. The third kappa shape index (κ3) is 2.12. The number of esters is 1. The molecule has 1 aliphatic heterocycles. The number of rotatable bonds is 1. The smallest absolute Gasteiger partial charge is 0.307 e. The second-order valence-electron chi connectivity index (χ2n) is 5.15. The summed E-state index contributed by atoms with van der Waals surface area (Å²) >= 11 is 0. The summed E-state index contributed by atoms with van der Waals surface area (Å²) < 4.78 is 10.9. The topological polar surface area (TPSA) is 52.6 Å². The van der Waals surface area contributed by atoms with Crippen molar-refractivity contribution in [2.45, 2.75) is 39.7 Å². The summed E-state index contributed by atoms with van der Waals surface area (Å²) in [6, 6.07) is 0. The number of Topliss-reactive ketones (excluding diaryl/α,β-unsaturated/α-hetero) is 1. The van der Waals surface area contributed by atoms with Gasteiger partial charge in [0.05, 0.1) is 12.2 Å². The van der Waals surface area contributed by atoms with E-state index in [2.05, 4.69) is 0 Å². The number of ketones is 1. The van der Waals surface area contributed by atoms with E-state index in [1.54, 1.807) is 6.92 Å². The number of fused-ring (bicyclic) bond motifs is 1. The SMILES string of the molecule is CC(=O)O/C(C)=C1\CO[C@]2(C)C=C(C)C(=O)C[C@H]12. The number of ether oxygens (including phenoxy) is 2. The lowest BCUT2D eigenvalue weighted by atomic mass is 9.75. The van der Waals surface area contributed by atoms with Crippen LogP contribution >= 0.6 is 0 Å². The Balaban J connectivity index is 2.36. The lowest BCUT2D eigenvalue weighted by Gasteiger charge is -2.31. The van der Waals surface area contributed by atoms with Crippen LogP contribution in [-0.4, -0.2) is 24.0 Å². The summed E-state index contributed by atoms with van der Waals surface area (Å²) in [5.74, 6) is 0.337. The van der Waals surface area contributed by atoms with Crippen molar-refractivity contribution in [3.05, 3.63) is 23.0 Å². The average molecular weight is 250 g/mol. The maximum atomic E-state index is 11.8. The lowest BCUT2D eigenvalue weighted by molar-refractivity contribution is -0.136. The Labute approximate surface area is 107 Å². The number of allylic oxidation sites excluding steroid dienone is 2. The molecule has 0 N–H and O–H groups in total. The summed E-state index contributed by atoms with van der Waals surface area (Å²) in [5, 5.41) is 0. The minimum atomic E-state index is -0.450. The molecule has 2 rings (SSSR count). The Bertz CT molecular complexity index is 472. The largest absolute Gasteiger partial charge is 0.432 e. The molecule has 0 saturated carbocycles. The van der Waals surface area contributed by atoms with Crippen LogP contribution in [0.25, 0.3) is 0 Å². The minimum Gasteiger partial charge on any atom is -0.432 e. The Kier molecular flexibility index (Phi) is 3.15. The van der Waals surface area contributed by atoms with E-state index >= 15 is 0 Å². The first-order chi connectivity index (χ1) is 8.33. The molecule has 0 aromatic carbocycles. The number of hydrogen-bond donors (Lipinski definition) is 0. The van der Waals surface area contributed by atoms with Gasteiger partial charge in [0.15, 0.2) is 5.78 Å². The summed E-state index contributed by atoms with van der Waals surface area (Å²) in [4.78, 5) is 22.8. The van der Waals surface area contributed by atoms with Gasteiger partial charge in [-0.05, 0) is 32.4 Å². The molecule has 0 aromatic rings. The maximum Gasteiger partial charge on any atom is 0.307 e. The maximum absolute atomic E-state index is 11.8. The molecule has 0 amide bonds. The summed E-state index contributed by atoms with van der Waals surface area (Å²) in [7, 11) is 0. The molecule has 1 saturated heterocycles. The normalized spacial score (nSPS) is 33.9. The van der Waals surface area contributed by atoms with Crippen molar-refractivity contribution < 1.29 is 19.1 Å². The molecular formula is C14H18O4. The van der Waals surface area contributed by atoms with Gasteiger partial charge in [-0.2, -0.15) is 0 Å². The third-order valence-electron chi connectivity index (χ3n) is 3.73. The monoisotopic (exact) mass is 250 g/mol. The molecule has 1 aliphatic carbocycles. The zero-order valence-corrected chi connectivity index (χ0v) is 11.2. The summed E-state index contributed by atoms with van der Waals surface area (Å²) in [6.07, 6.45) is 2.31. The van der Waals surface area contributed by atoms with Crippen molar-refractivity contribution >= 4 is 11.8 Å². The fourth-order valence-electron chi connectivity index (χ4n) is 2.73. The van der Waals surface area contributed by atoms with Crippen LogP contribution in [-0.2, 0) is 19.1 Å². The van der Waals surface area contributed by atoms with Gasteiger partial charge in [0.25, 0.3) is 0 Å². The lowest BCUT2D eigenvalue weighted by Crippen LogP contribution is -2.36. The van der Waals surface area contributed by atoms with Crippen molar-refractivity contribution in [1.82, 2.24) is 0 Å². The van der Waals surface area contributed by atoms with Crippen LogP contribution in [0, 0.1) is 5.92 Å². The van der Waals surface area contributed by atoms with Crippen LogP contribution in [0.15, 0.2) is 23.0 Å².